The van der Waals surface area contributed by atoms with Gasteiger partial charge in [0.25, 0.3) is 0 Å². The van der Waals surface area contributed by atoms with Crippen LogP contribution in [-0.2, 0) is 0 Å². The Morgan fingerprint density at radius 1 is 1.00 bits per heavy atom. The van der Waals surface area contributed by atoms with Crippen molar-refractivity contribution in [2.24, 2.45) is 0 Å². The van der Waals surface area contributed by atoms with E-state index in [9.17, 15) is 0 Å². The zero-order valence-electron chi connectivity index (χ0n) is 11.5. The van der Waals surface area contributed by atoms with Crippen LogP contribution in [0, 0.1) is 6.92 Å². The van der Waals surface area contributed by atoms with Gasteiger partial charge in [0.2, 0.25) is 0 Å². The standard InChI is InChI=1S/C16H26S/c1-4-6-7-12-15(10-5-2)17-16-13-9-8-11-14(16)3/h8-9,11,13,15H,4-7,10,12H2,1-3H3. The third kappa shape index (κ3) is 5.63. The highest BCUT2D eigenvalue weighted by atomic mass is 32.2. The molecule has 1 rings (SSSR count). The summed E-state index contributed by atoms with van der Waals surface area (Å²) in [4.78, 5) is 1.47. The van der Waals surface area contributed by atoms with E-state index in [0.29, 0.717) is 0 Å². The first kappa shape index (κ1) is 14.6. The monoisotopic (exact) mass is 250 g/mol. The molecule has 0 fully saturated rings. The van der Waals surface area contributed by atoms with Gasteiger partial charge >= 0.3 is 0 Å². The van der Waals surface area contributed by atoms with E-state index in [0.717, 1.165) is 5.25 Å². The number of thioether (sulfide) groups is 1. The summed E-state index contributed by atoms with van der Waals surface area (Å²) in [5.41, 5.74) is 1.43. The molecule has 0 aromatic heterocycles. The van der Waals surface area contributed by atoms with Gasteiger partial charge in [-0.25, -0.2) is 0 Å². The Hall–Kier alpha value is -0.430. The van der Waals surface area contributed by atoms with Crippen LogP contribution in [0.4, 0.5) is 0 Å². The fourth-order valence-corrected chi connectivity index (χ4v) is 3.48. The highest BCUT2D eigenvalue weighted by molar-refractivity contribution is 8.00. The van der Waals surface area contributed by atoms with E-state index in [1.807, 2.05) is 0 Å². The lowest BCUT2D eigenvalue weighted by Gasteiger charge is -2.16. The van der Waals surface area contributed by atoms with E-state index in [4.69, 9.17) is 0 Å². The first-order chi connectivity index (χ1) is 8.27. The van der Waals surface area contributed by atoms with Gasteiger partial charge in [-0.05, 0) is 31.4 Å². The summed E-state index contributed by atoms with van der Waals surface area (Å²) in [6, 6.07) is 8.77. The molecule has 96 valence electrons. The van der Waals surface area contributed by atoms with Crippen molar-refractivity contribution in [3.63, 3.8) is 0 Å². The molecule has 0 aliphatic heterocycles. The molecular weight excluding hydrogens is 224 g/mol. The number of hydrogen-bond acceptors (Lipinski definition) is 1. The summed E-state index contributed by atoms with van der Waals surface area (Å²) in [5, 5.41) is 0.813. The van der Waals surface area contributed by atoms with Crippen molar-refractivity contribution in [3.8, 4) is 0 Å². The molecule has 1 aromatic carbocycles. The molecule has 0 saturated carbocycles. The minimum absolute atomic E-state index is 0.813. The van der Waals surface area contributed by atoms with Crippen LogP contribution in [0.3, 0.4) is 0 Å². The van der Waals surface area contributed by atoms with Crippen LogP contribution in [-0.4, -0.2) is 5.25 Å². The molecular formula is C16H26S. The minimum Gasteiger partial charge on any atom is -0.122 e. The molecule has 1 atom stereocenters. The van der Waals surface area contributed by atoms with Crippen LogP contribution in [0.25, 0.3) is 0 Å². The number of benzene rings is 1. The van der Waals surface area contributed by atoms with E-state index in [-0.39, 0.29) is 0 Å². The van der Waals surface area contributed by atoms with Crippen molar-refractivity contribution in [1.82, 2.24) is 0 Å². The summed E-state index contributed by atoms with van der Waals surface area (Å²) >= 11 is 2.09. The van der Waals surface area contributed by atoms with Gasteiger partial charge in [0.15, 0.2) is 0 Å². The van der Waals surface area contributed by atoms with Crippen LogP contribution in [0.1, 0.15) is 57.9 Å². The molecule has 0 N–H and O–H groups in total. The first-order valence-corrected chi connectivity index (χ1v) is 7.88. The van der Waals surface area contributed by atoms with Gasteiger partial charge in [-0.2, -0.15) is 0 Å². The molecule has 1 aromatic rings. The van der Waals surface area contributed by atoms with Crippen LogP contribution < -0.4 is 0 Å². The molecule has 0 radical (unpaired) electrons. The average Bonchev–Trinajstić information content (AvgIpc) is 2.32. The van der Waals surface area contributed by atoms with Crippen molar-refractivity contribution >= 4 is 11.8 Å². The fraction of sp³-hybridized carbons (Fsp3) is 0.625. The molecule has 0 aliphatic carbocycles. The Bertz CT molecular complexity index is 306. The molecule has 0 amide bonds. The second-order valence-corrected chi connectivity index (χ2v) is 6.13. The smallest absolute Gasteiger partial charge is 0.0104 e. The zero-order chi connectivity index (χ0) is 12.5. The topological polar surface area (TPSA) is 0 Å². The van der Waals surface area contributed by atoms with Crippen LogP contribution in [0.2, 0.25) is 0 Å². The van der Waals surface area contributed by atoms with Crippen LogP contribution in [0.15, 0.2) is 29.2 Å². The molecule has 0 aliphatic rings. The summed E-state index contributed by atoms with van der Waals surface area (Å²) in [5.74, 6) is 0. The number of unbranched alkanes of at least 4 members (excludes halogenated alkanes) is 2. The van der Waals surface area contributed by atoms with Crippen molar-refractivity contribution < 1.29 is 0 Å². The molecule has 1 unspecified atom stereocenters. The van der Waals surface area contributed by atoms with Gasteiger partial charge in [0.1, 0.15) is 0 Å². The highest BCUT2D eigenvalue weighted by Crippen LogP contribution is 2.31. The molecule has 0 saturated heterocycles. The maximum atomic E-state index is 2.30. The fourth-order valence-electron chi connectivity index (χ4n) is 2.07. The molecule has 1 heteroatoms. The zero-order valence-corrected chi connectivity index (χ0v) is 12.4. The predicted molar refractivity (Wildman–Crippen MR) is 79.9 cm³/mol. The molecule has 0 bridgehead atoms. The predicted octanol–water partition coefficient (Wildman–Crippen LogP) is 5.84. The first-order valence-electron chi connectivity index (χ1n) is 7.00. The SMILES string of the molecule is CCCCCC(CCC)Sc1ccccc1C. The van der Waals surface area contributed by atoms with Crippen LogP contribution in [0.5, 0.6) is 0 Å². The third-order valence-electron chi connectivity index (χ3n) is 3.13. The Morgan fingerprint density at radius 2 is 1.76 bits per heavy atom. The summed E-state index contributed by atoms with van der Waals surface area (Å²) < 4.78 is 0. The molecule has 0 nitrogen and oxygen atoms in total. The Labute approximate surface area is 111 Å². The molecule has 17 heavy (non-hydrogen) atoms. The average molecular weight is 250 g/mol. The number of aryl methyl sites for hydroxylation is 1. The van der Waals surface area contributed by atoms with E-state index in [2.05, 4.69) is 56.8 Å². The van der Waals surface area contributed by atoms with Crippen molar-refractivity contribution in [1.29, 1.82) is 0 Å². The third-order valence-corrected chi connectivity index (χ3v) is 4.64. The van der Waals surface area contributed by atoms with Gasteiger partial charge < -0.3 is 0 Å². The lowest BCUT2D eigenvalue weighted by molar-refractivity contribution is 0.614. The lowest BCUT2D eigenvalue weighted by Crippen LogP contribution is -2.02. The Kier molecular flexibility index (Phi) is 7.43. The van der Waals surface area contributed by atoms with Gasteiger partial charge in [-0.15, -0.1) is 11.8 Å². The van der Waals surface area contributed by atoms with E-state index >= 15 is 0 Å². The van der Waals surface area contributed by atoms with Crippen LogP contribution >= 0.6 is 11.8 Å². The Morgan fingerprint density at radius 3 is 2.41 bits per heavy atom. The largest absolute Gasteiger partial charge is 0.122 e. The summed E-state index contributed by atoms with van der Waals surface area (Å²) in [6.07, 6.45) is 8.13. The van der Waals surface area contributed by atoms with Gasteiger partial charge in [0.05, 0.1) is 0 Å². The maximum absolute atomic E-state index is 2.30. The van der Waals surface area contributed by atoms with E-state index in [1.54, 1.807) is 0 Å². The number of hydrogen-bond donors (Lipinski definition) is 0. The maximum Gasteiger partial charge on any atom is 0.0104 e. The quantitative estimate of drug-likeness (QED) is 0.413. The van der Waals surface area contributed by atoms with Crippen molar-refractivity contribution in [2.75, 3.05) is 0 Å². The second-order valence-electron chi connectivity index (χ2n) is 4.79. The normalized spacial score (nSPS) is 12.6. The van der Waals surface area contributed by atoms with E-state index in [1.165, 1.54) is 49.0 Å². The second kappa shape index (κ2) is 8.63. The van der Waals surface area contributed by atoms with Gasteiger partial charge in [-0.1, -0.05) is 57.7 Å². The van der Waals surface area contributed by atoms with Gasteiger partial charge in [0, 0.05) is 10.1 Å². The highest BCUT2D eigenvalue weighted by Gasteiger charge is 2.10. The Balaban J connectivity index is 2.50. The van der Waals surface area contributed by atoms with Crippen molar-refractivity contribution in [3.05, 3.63) is 29.8 Å². The van der Waals surface area contributed by atoms with Crippen molar-refractivity contribution in [2.45, 2.75) is 69.4 Å². The van der Waals surface area contributed by atoms with E-state index < -0.39 is 0 Å². The number of rotatable bonds is 8. The summed E-state index contributed by atoms with van der Waals surface area (Å²) in [7, 11) is 0. The lowest BCUT2D eigenvalue weighted by atomic mass is 10.1. The molecule has 0 spiro atoms. The molecule has 0 heterocycles. The van der Waals surface area contributed by atoms with Gasteiger partial charge in [-0.3, -0.25) is 0 Å². The minimum atomic E-state index is 0.813. The summed E-state index contributed by atoms with van der Waals surface area (Å²) in [6.45, 7) is 6.80.